The van der Waals surface area contributed by atoms with Gasteiger partial charge in [-0.15, -0.1) is 11.8 Å². The first kappa shape index (κ1) is 11.3. The maximum Gasteiger partial charge on any atom is 0.130 e. The molecule has 1 aromatic rings. The summed E-state index contributed by atoms with van der Waals surface area (Å²) in [7, 11) is 0. The molecule has 0 amide bonds. The molecule has 3 nitrogen and oxygen atoms in total. The van der Waals surface area contributed by atoms with Crippen LogP contribution in [-0.2, 0) is 0 Å². The van der Waals surface area contributed by atoms with E-state index < -0.39 is 0 Å². The molecule has 0 bridgehead atoms. The highest BCUT2D eigenvalue weighted by atomic mass is 32.2. The second-order valence-corrected chi connectivity index (χ2v) is 4.45. The van der Waals surface area contributed by atoms with Crippen LogP contribution in [0.4, 0.5) is 5.82 Å². The minimum atomic E-state index is 0.430. The third kappa shape index (κ3) is 3.18. The Morgan fingerprint density at radius 2 is 2.00 bits per heavy atom. The first-order chi connectivity index (χ1) is 6.63. The molecule has 0 aliphatic heterocycles. The zero-order valence-electron chi connectivity index (χ0n) is 9.11. The van der Waals surface area contributed by atoms with Crippen molar-refractivity contribution in [2.45, 2.75) is 31.8 Å². The van der Waals surface area contributed by atoms with Gasteiger partial charge in [0.15, 0.2) is 0 Å². The molecular formula is C10H17N3S. The predicted octanol–water partition coefficient (Wildman–Crippen LogP) is 2.65. The standard InChI is InChI=1S/C10H17N3S/c1-7(2)8(3)13-9-5-10(14-4)12-6-11-9/h5-8H,1-4H3,(H,11,12,13). The van der Waals surface area contributed by atoms with Crippen molar-refractivity contribution in [3.63, 3.8) is 0 Å². The highest BCUT2D eigenvalue weighted by Gasteiger charge is 2.07. The van der Waals surface area contributed by atoms with E-state index in [2.05, 4.69) is 36.1 Å². The van der Waals surface area contributed by atoms with Gasteiger partial charge in [-0.1, -0.05) is 13.8 Å². The second-order valence-electron chi connectivity index (χ2n) is 3.62. The SMILES string of the molecule is CSc1cc(NC(C)C(C)C)ncn1. The summed E-state index contributed by atoms with van der Waals surface area (Å²) in [6.45, 7) is 6.54. The molecular weight excluding hydrogens is 194 g/mol. The Hall–Kier alpha value is -0.770. The van der Waals surface area contributed by atoms with Crippen LogP contribution in [-0.4, -0.2) is 22.3 Å². The zero-order chi connectivity index (χ0) is 10.6. The maximum absolute atomic E-state index is 4.17. The molecule has 0 radical (unpaired) electrons. The summed E-state index contributed by atoms with van der Waals surface area (Å²) in [4.78, 5) is 8.30. The van der Waals surface area contributed by atoms with Crippen LogP contribution < -0.4 is 5.32 Å². The summed E-state index contributed by atoms with van der Waals surface area (Å²) in [5.74, 6) is 1.51. The first-order valence-corrected chi connectivity index (χ1v) is 5.98. The van der Waals surface area contributed by atoms with Gasteiger partial charge in [-0.05, 0) is 19.1 Å². The van der Waals surface area contributed by atoms with E-state index in [0.717, 1.165) is 10.8 Å². The fourth-order valence-electron chi connectivity index (χ4n) is 0.930. The van der Waals surface area contributed by atoms with Crippen LogP contribution in [0.1, 0.15) is 20.8 Å². The van der Waals surface area contributed by atoms with Crippen LogP contribution in [0.3, 0.4) is 0 Å². The molecule has 78 valence electrons. The minimum absolute atomic E-state index is 0.430. The molecule has 1 unspecified atom stereocenters. The normalized spacial score (nSPS) is 12.9. The largest absolute Gasteiger partial charge is 0.367 e. The number of aromatic nitrogens is 2. The molecule has 0 aromatic carbocycles. The topological polar surface area (TPSA) is 37.8 Å². The van der Waals surface area contributed by atoms with Gasteiger partial charge < -0.3 is 5.32 Å². The van der Waals surface area contributed by atoms with Gasteiger partial charge in [-0.25, -0.2) is 9.97 Å². The summed E-state index contributed by atoms with van der Waals surface area (Å²) in [6.07, 6.45) is 3.61. The van der Waals surface area contributed by atoms with E-state index in [-0.39, 0.29) is 0 Å². The van der Waals surface area contributed by atoms with Gasteiger partial charge in [-0.2, -0.15) is 0 Å². The van der Waals surface area contributed by atoms with Crippen molar-refractivity contribution in [2.24, 2.45) is 5.92 Å². The van der Waals surface area contributed by atoms with Crippen molar-refractivity contribution >= 4 is 17.6 Å². The lowest BCUT2D eigenvalue weighted by atomic mass is 10.1. The summed E-state index contributed by atoms with van der Waals surface area (Å²) < 4.78 is 0. The Morgan fingerprint density at radius 1 is 1.29 bits per heavy atom. The Bertz CT molecular complexity index is 288. The Morgan fingerprint density at radius 3 is 2.57 bits per heavy atom. The van der Waals surface area contributed by atoms with Crippen molar-refractivity contribution in [1.29, 1.82) is 0 Å². The molecule has 1 aromatic heterocycles. The molecule has 0 fully saturated rings. The number of rotatable bonds is 4. The molecule has 0 saturated heterocycles. The quantitative estimate of drug-likeness (QED) is 0.614. The van der Waals surface area contributed by atoms with Gasteiger partial charge >= 0.3 is 0 Å². The molecule has 0 aliphatic carbocycles. The average Bonchev–Trinajstić information content (AvgIpc) is 2.18. The van der Waals surface area contributed by atoms with E-state index >= 15 is 0 Å². The number of anilines is 1. The van der Waals surface area contributed by atoms with Crippen LogP contribution >= 0.6 is 11.8 Å². The first-order valence-electron chi connectivity index (χ1n) is 4.76. The van der Waals surface area contributed by atoms with Crippen molar-refractivity contribution in [1.82, 2.24) is 9.97 Å². The second kappa shape index (κ2) is 5.20. The number of hydrogen-bond acceptors (Lipinski definition) is 4. The third-order valence-electron chi connectivity index (χ3n) is 2.23. The Labute approximate surface area is 89.7 Å². The molecule has 1 atom stereocenters. The van der Waals surface area contributed by atoms with Crippen molar-refractivity contribution < 1.29 is 0 Å². The number of thioether (sulfide) groups is 1. The molecule has 14 heavy (non-hydrogen) atoms. The summed E-state index contributed by atoms with van der Waals surface area (Å²) in [6, 6.07) is 2.41. The predicted molar refractivity (Wildman–Crippen MR) is 61.7 cm³/mol. The molecule has 4 heteroatoms. The highest BCUT2D eigenvalue weighted by Crippen LogP contribution is 2.15. The van der Waals surface area contributed by atoms with Gasteiger partial charge in [0.25, 0.3) is 0 Å². The maximum atomic E-state index is 4.17. The Kier molecular flexibility index (Phi) is 4.20. The number of nitrogens with zero attached hydrogens (tertiary/aromatic N) is 2. The van der Waals surface area contributed by atoms with Crippen LogP contribution in [0.5, 0.6) is 0 Å². The van der Waals surface area contributed by atoms with Crippen molar-refractivity contribution in [2.75, 3.05) is 11.6 Å². The van der Waals surface area contributed by atoms with Gasteiger partial charge in [0, 0.05) is 12.1 Å². The molecule has 0 aliphatic rings. The Balaban J connectivity index is 2.66. The van der Waals surface area contributed by atoms with Gasteiger partial charge in [0.2, 0.25) is 0 Å². The molecule has 0 spiro atoms. The van der Waals surface area contributed by atoms with E-state index in [1.54, 1.807) is 18.1 Å². The smallest absolute Gasteiger partial charge is 0.130 e. The van der Waals surface area contributed by atoms with E-state index in [1.165, 1.54) is 0 Å². The lowest BCUT2D eigenvalue weighted by Crippen LogP contribution is -2.22. The minimum Gasteiger partial charge on any atom is -0.367 e. The molecule has 1 heterocycles. The zero-order valence-corrected chi connectivity index (χ0v) is 9.93. The summed E-state index contributed by atoms with van der Waals surface area (Å²) in [5, 5.41) is 4.35. The van der Waals surface area contributed by atoms with Crippen LogP contribution in [0.2, 0.25) is 0 Å². The van der Waals surface area contributed by atoms with Crippen molar-refractivity contribution in [3.8, 4) is 0 Å². The van der Waals surface area contributed by atoms with E-state index in [0.29, 0.717) is 12.0 Å². The number of hydrogen-bond donors (Lipinski definition) is 1. The van der Waals surface area contributed by atoms with E-state index in [1.807, 2.05) is 12.3 Å². The molecule has 1 rings (SSSR count). The average molecular weight is 211 g/mol. The monoisotopic (exact) mass is 211 g/mol. The van der Waals surface area contributed by atoms with Gasteiger partial charge in [0.05, 0.1) is 0 Å². The summed E-state index contributed by atoms with van der Waals surface area (Å²) in [5.41, 5.74) is 0. The van der Waals surface area contributed by atoms with E-state index in [9.17, 15) is 0 Å². The molecule has 0 saturated carbocycles. The van der Waals surface area contributed by atoms with Crippen LogP contribution in [0.25, 0.3) is 0 Å². The summed E-state index contributed by atoms with van der Waals surface area (Å²) >= 11 is 1.63. The van der Waals surface area contributed by atoms with Gasteiger partial charge in [-0.3, -0.25) is 0 Å². The molecule has 1 N–H and O–H groups in total. The van der Waals surface area contributed by atoms with Crippen LogP contribution in [0, 0.1) is 5.92 Å². The number of nitrogens with one attached hydrogen (secondary N) is 1. The lowest BCUT2D eigenvalue weighted by molar-refractivity contribution is 0.558. The van der Waals surface area contributed by atoms with Gasteiger partial charge in [0.1, 0.15) is 17.2 Å². The van der Waals surface area contributed by atoms with E-state index in [4.69, 9.17) is 0 Å². The van der Waals surface area contributed by atoms with Crippen molar-refractivity contribution in [3.05, 3.63) is 12.4 Å². The third-order valence-corrected chi connectivity index (χ3v) is 2.87. The highest BCUT2D eigenvalue weighted by molar-refractivity contribution is 7.98. The lowest BCUT2D eigenvalue weighted by Gasteiger charge is -2.17. The fraction of sp³-hybridized carbons (Fsp3) is 0.600. The van der Waals surface area contributed by atoms with Crippen LogP contribution in [0.15, 0.2) is 17.4 Å². The fourth-order valence-corrected chi connectivity index (χ4v) is 1.31.